The number of nitro benzene ring substituents is 1. The number of Topliss-reactive ketones (excluding diaryl/α,β-unsaturated/α-hetero) is 1. The maximum Gasteiger partial charge on any atom is 0.273 e. The van der Waals surface area contributed by atoms with Gasteiger partial charge in [0.25, 0.3) is 5.69 Å². The van der Waals surface area contributed by atoms with E-state index in [0.717, 1.165) is 18.5 Å². The normalized spacial score (nSPS) is 16.8. The van der Waals surface area contributed by atoms with Gasteiger partial charge in [-0.1, -0.05) is 24.3 Å². The summed E-state index contributed by atoms with van der Waals surface area (Å²) in [7, 11) is 0. The van der Waals surface area contributed by atoms with Crippen molar-refractivity contribution in [2.45, 2.75) is 38.6 Å². The van der Waals surface area contributed by atoms with Crippen LogP contribution in [0.2, 0.25) is 0 Å². The molecule has 0 aromatic heterocycles. The molecule has 7 heteroatoms. The number of carbonyl (C=O) groups excluding carboxylic acids is 1. The Kier molecular flexibility index (Phi) is 5.32. The van der Waals surface area contributed by atoms with E-state index in [1.54, 1.807) is 19.1 Å². The molecule has 0 fully saturated rings. The van der Waals surface area contributed by atoms with E-state index in [9.17, 15) is 14.9 Å². The molecule has 4 N–H and O–H groups in total. The molecule has 4 rings (SSSR count). The highest BCUT2D eigenvalue weighted by molar-refractivity contribution is 6.01. The Morgan fingerprint density at radius 1 is 1.19 bits per heavy atom. The third kappa shape index (κ3) is 3.88. The Bertz CT molecular complexity index is 923. The van der Waals surface area contributed by atoms with E-state index in [1.807, 2.05) is 12.1 Å². The first-order chi connectivity index (χ1) is 12.9. The molecule has 0 aliphatic heterocycles. The zero-order valence-electron chi connectivity index (χ0n) is 15.1. The van der Waals surface area contributed by atoms with Crippen LogP contribution in [-0.4, -0.2) is 16.5 Å². The molecule has 1 atom stereocenters. The lowest BCUT2D eigenvalue weighted by molar-refractivity contribution is -0.385. The van der Waals surface area contributed by atoms with Crippen LogP contribution in [0.5, 0.6) is 0 Å². The standard InChI is InChI=1S/C11H15N3.C9H7NO3/c1-7(12)14-11-4-2-3-8-9(11)5-6-10(8)13;11-9-5-4-6-7(9)2-1-3-8(6)10(12)13/h2-4,10H,5-6,13H2,1H3,(H2,12,14);1-3H,4-5H2. The number of anilines is 1. The summed E-state index contributed by atoms with van der Waals surface area (Å²) in [5, 5.41) is 21.0. The van der Waals surface area contributed by atoms with Crippen LogP contribution in [-0.2, 0) is 12.8 Å². The molecule has 0 saturated heterocycles. The van der Waals surface area contributed by atoms with Gasteiger partial charge in [-0.3, -0.25) is 20.3 Å². The van der Waals surface area contributed by atoms with Gasteiger partial charge in [-0.05, 0) is 43.4 Å². The van der Waals surface area contributed by atoms with Gasteiger partial charge in [-0.2, -0.15) is 0 Å². The first kappa shape index (κ1) is 18.7. The second-order valence-electron chi connectivity index (χ2n) is 6.75. The largest absolute Gasteiger partial charge is 0.344 e. The Labute approximate surface area is 157 Å². The van der Waals surface area contributed by atoms with E-state index in [4.69, 9.17) is 11.1 Å². The van der Waals surface area contributed by atoms with Gasteiger partial charge in [0.2, 0.25) is 0 Å². The van der Waals surface area contributed by atoms with Gasteiger partial charge in [-0.25, -0.2) is 0 Å². The van der Waals surface area contributed by atoms with Crippen molar-refractivity contribution in [1.29, 1.82) is 5.41 Å². The predicted molar refractivity (Wildman–Crippen MR) is 104 cm³/mol. The van der Waals surface area contributed by atoms with E-state index < -0.39 is 4.92 Å². The topological polar surface area (TPSA) is 122 Å². The van der Waals surface area contributed by atoms with Crippen molar-refractivity contribution in [1.82, 2.24) is 0 Å². The minimum Gasteiger partial charge on any atom is -0.344 e. The molecular weight excluding hydrogens is 344 g/mol. The van der Waals surface area contributed by atoms with Crippen molar-refractivity contribution in [3.8, 4) is 0 Å². The number of nitrogens with one attached hydrogen (secondary N) is 2. The van der Waals surface area contributed by atoms with E-state index in [1.165, 1.54) is 17.2 Å². The molecule has 0 heterocycles. The lowest BCUT2D eigenvalue weighted by Gasteiger charge is -2.10. The van der Waals surface area contributed by atoms with Crippen LogP contribution >= 0.6 is 0 Å². The van der Waals surface area contributed by atoms with E-state index >= 15 is 0 Å². The van der Waals surface area contributed by atoms with Crippen molar-refractivity contribution in [2.75, 3.05) is 5.32 Å². The zero-order valence-corrected chi connectivity index (χ0v) is 15.1. The monoisotopic (exact) mass is 366 g/mol. The lowest BCUT2D eigenvalue weighted by atomic mass is 10.1. The van der Waals surface area contributed by atoms with Crippen molar-refractivity contribution >= 4 is 23.0 Å². The molecule has 27 heavy (non-hydrogen) atoms. The minimum atomic E-state index is -0.433. The zero-order chi connectivity index (χ0) is 19.6. The van der Waals surface area contributed by atoms with Gasteiger partial charge in [0.15, 0.2) is 5.78 Å². The summed E-state index contributed by atoms with van der Waals surface area (Å²) in [5.41, 5.74) is 10.7. The number of fused-ring (bicyclic) bond motifs is 2. The summed E-state index contributed by atoms with van der Waals surface area (Å²) in [6.07, 6.45) is 2.95. The van der Waals surface area contributed by atoms with Crippen LogP contribution in [0.4, 0.5) is 11.4 Å². The van der Waals surface area contributed by atoms with Gasteiger partial charge in [0.1, 0.15) is 0 Å². The molecule has 0 bridgehead atoms. The van der Waals surface area contributed by atoms with Gasteiger partial charge >= 0.3 is 0 Å². The molecule has 0 radical (unpaired) electrons. The molecule has 2 aliphatic carbocycles. The summed E-state index contributed by atoms with van der Waals surface area (Å²) < 4.78 is 0. The first-order valence-corrected chi connectivity index (χ1v) is 8.87. The molecule has 2 aromatic carbocycles. The summed E-state index contributed by atoms with van der Waals surface area (Å²) in [6.45, 7) is 1.74. The summed E-state index contributed by atoms with van der Waals surface area (Å²) >= 11 is 0. The highest BCUT2D eigenvalue weighted by atomic mass is 16.6. The molecule has 0 spiro atoms. The van der Waals surface area contributed by atoms with Crippen molar-refractivity contribution in [2.24, 2.45) is 5.73 Å². The maximum absolute atomic E-state index is 11.2. The smallest absolute Gasteiger partial charge is 0.273 e. The van der Waals surface area contributed by atoms with E-state index in [-0.39, 0.29) is 17.5 Å². The SMILES string of the molecule is CC(=N)Nc1cccc2c1CCC2N.O=C1CCc2c1cccc2[N+](=O)[O-]. The third-order valence-corrected chi connectivity index (χ3v) is 4.89. The van der Waals surface area contributed by atoms with Crippen molar-refractivity contribution < 1.29 is 9.72 Å². The van der Waals surface area contributed by atoms with Gasteiger partial charge in [0, 0.05) is 35.3 Å². The Balaban J connectivity index is 0.000000156. The second-order valence-corrected chi connectivity index (χ2v) is 6.75. The fourth-order valence-corrected chi connectivity index (χ4v) is 3.65. The number of hydrogen-bond acceptors (Lipinski definition) is 5. The summed E-state index contributed by atoms with van der Waals surface area (Å²) in [5.74, 6) is 0.484. The molecule has 0 amide bonds. The van der Waals surface area contributed by atoms with Crippen LogP contribution < -0.4 is 11.1 Å². The molecular formula is C20H22N4O3. The molecule has 0 saturated carbocycles. The highest BCUT2D eigenvalue weighted by Crippen LogP contribution is 2.34. The highest BCUT2D eigenvalue weighted by Gasteiger charge is 2.26. The average molecular weight is 366 g/mol. The van der Waals surface area contributed by atoms with Gasteiger partial charge < -0.3 is 11.1 Å². The van der Waals surface area contributed by atoms with Crippen LogP contribution in [0.15, 0.2) is 36.4 Å². The summed E-state index contributed by atoms with van der Waals surface area (Å²) in [6, 6.07) is 10.9. The molecule has 140 valence electrons. The lowest BCUT2D eigenvalue weighted by Crippen LogP contribution is -2.08. The quantitative estimate of drug-likeness (QED) is 0.323. The van der Waals surface area contributed by atoms with E-state index in [2.05, 4.69) is 11.4 Å². The number of amidine groups is 1. The predicted octanol–water partition coefficient (Wildman–Crippen LogP) is 3.77. The van der Waals surface area contributed by atoms with Crippen LogP contribution in [0, 0.1) is 15.5 Å². The number of benzene rings is 2. The number of hydrogen-bond donors (Lipinski definition) is 3. The third-order valence-electron chi connectivity index (χ3n) is 4.89. The number of ketones is 1. The molecule has 1 unspecified atom stereocenters. The molecule has 7 nitrogen and oxygen atoms in total. The fraction of sp³-hybridized carbons (Fsp3) is 0.300. The molecule has 2 aromatic rings. The fourth-order valence-electron chi connectivity index (χ4n) is 3.65. The van der Waals surface area contributed by atoms with Crippen molar-refractivity contribution in [3.05, 3.63) is 68.8 Å². The number of nitrogens with two attached hydrogens (primary N) is 1. The van der Waals surface area contributed by atoms with Gasteiger partial charge in [-0.15, -0.1) is 0 Å². The average Bonchev–Trinajstić information content (AvgIpc) is 3.19. The Hall–Kier alpha value is -3.06. The Morgan fingerprint density at radius 3 is 2.63 bits per heavy atom. The van der Waals surface area contributed by atoms with Crippen LogP contribution in [0.3, 0.4) is 0 Å². The Morgan fingerprint density at radius 2 is 1.93 bits per heavy atom. The van der Waals surface area contributed by atoms with Crippen molar-refractivity contribution in [3.63, 3.8) is 0 Å². The minimum absolute atomic E-state index is 0.0127. The number of nitrogens with zero attached hydrogens (tertiary/aromatic N) is 1. The maximum atomic E-state index is 11.2. The number of nitro groups is 1. The van der Waals surface area contributed by atoms with E-state index in [0.29, 0.717) is 29.8 Å². The molecule has 2 aliphatic rings. The second kappa shape index (κ2) is 7.67. The van der Waals surface area contributed by atoms with Gasteiger partial charge in [0.05, 0.1) is 10.8 Å². The summed E-state index contributed by atoms with van der Waals surface area (Å²) in [4.78, 5) is 21.3. The van der Waals surface area contributed by atoms with Crippen LogP contribution in [0.25, 0.3) is 0 Å². The number of carbonyl (C=O) groups is 1. The number of rotatable bonds is 2. The van der Waals surface area contributed by atoms with Crippen LogP contribution in [0.1, 0.15) is 52.9 Å². The first-order valence-electron chi connectivity index (χ1n) is 8.87.